The lowest BCUT2D eigenvalue weighted by atomic mass is 9.75. The first-order valence-corrected chi connectivity index (χ1v) is 11.3. The van der Waals surface area contributed by atoms with Gasteiger partial charge < -0.3 is 4.74 Å². The van der Waals surface area contributed by atoms with E-state index < -0.39 is 0 Å². The predicted molar refractivity (Wildman–Crippen MR) is 121 cm³/mol. The van der Waals surface area contributed by atoms with Crippen LogP contribution in [-0.4, -0.2) is 24.8 Å². The molecule has 0 spiro atoms. The Morgan fingerprint density at radius 3 is 2.71 bits per heavy atom. The monoisotopic (exact) mass is 433 g/mol. The summed E-state index contributed by atoms with van der Waals surface area (Å²) in [6, 6.07) is 13.8. The van der Waals surface area contributed by atoms with E-state index in [0.29, 0.717) is 34.0 Å². The smallest absolute Gasteiger partial charge is 0.337 e. The standard InChI is InChI=1S/C25H24ClN3O2/c1-31-25(30)17-8-10-20-16(12-17)7-11-21-23(20)28-29(24(21)15-4-2-3-5-15)19-9-6-18(14-27)22(26)13-19/h6,8-10,12-13,15,21,24H,2-5,7,11H2,1H3/t21-,24-/m0/s1. The largest absolute Gasteiger partial charge is 0.465 e. The van der Waals surface area contributed by atoms with Gasteiger partial charge in [-0.1, -0.05) is 30.5 Å². The van der Waals surface area contributed by atoms with Crippen LogP contribution in [-0.2, 0) is 11.2 Å². The molecule has 0 radical (unpaired) electrons. The van der Waals surface area contributed by atoms with Crippen LogP contribution >= 0.6 is 11.6 Å². The quantitative estimate of drug-likeness (QED) is 0.612. The molecule has 6 heteroatoms. The highest BCUT2D eigenvalue weighted by molar-refractivity contribution is 6.32. The first kappa shape index (κ1) is 20.1. The van der Waals surface area contributed by atoms with Crippen molar-refractivity contribution >= 4 is 29.0 Å². The number of ether oxygens (including phenoxy) is 1. The van der Waals surface area contributed by atoms with Gasteiger partial charge in [-0.05, 0) is 67.5 Å². The molecule has 2 aromatic carbocycles. The second kappa shape index (κ2) is 8.01. The zero-order valence-corrected chi connectivity index (χ0v) is 18.2. The summed E-state index contributed by atoms with van der Waals surface area (Å²) in [6.07, 6.45) is 6.92. The number of aryl methyl sites for hydroxylation is 1. The van der Waals surface area contributed by atoms with E-state index in [4.69, 9.17) is 21.4 Å². The molecule has 5 nitrogen and oxygen atoms in total. The van der Waals surface area contributed by atoms with E-state index in [1.807, 2.05) is 30.3 Å². The number of nitrogens with zero attached hydrogens (tertiary/aromatic N) is 3. The van der Waals surface area contributed by atoms with Crippen molar-refractivity contribution in [2.45, 2.75) is 44.6 Å². The fraction of sp³-hybridized carbons (Fsp3) is 0.400. The zero-order valence-electron chi connectivity index (χ0n) is 17.5. The minimum absolute atomic E-state index is 0.301. The van der Waals surface area contributed by atoms with Gasteiger partial charge in [-0.25, -0.2) is 4.79 Å². The molecule has 31 heavy (non-hydrogen) atoms. The van der Waals surface area contributed by atoms with Gasteiger partial charge in [0.25, 0.3) is 0 Å². The molecule has 2 aliphatic carbocycles. The van der Waals surface area contributed by atoms with E-state index in [9.17, 15) is 10.1 Å². The lowest BCUT2D eigenvalue weighted by Crippen LogP contribution is -2.40. The number of fused-ring (bicyclic) bond motifs is 3. The number of anilines is 1. The van der Waals surface area contributed by atoms with Crippen molar-refractivity contribution < 1.29 is 9.53 Å². The van der Waals surface area contributed by atoms with Crippen LogP contribution in [0.1, 0.15) is 59.2 Å². The topological polar surface area (TPSA) is 65.7 Å². The Balaban J connectivity index is 1.57. The summed E-state index contributed by atoms with van der Waals surface area (Å²) in [7, 11) is 1.41. The Morgan fingerprint density at radius 1 is 1.19 bits per heavy atom. The van der Waals surface area contributed by atoms with Crippen molar-refractivity contribution in [1.29, 1.82) is 5.26 Å². The Bertz CT molecular complexity index is 1110. The Labute approximate surface area is 187 Å². The maximum Gasteiger partial charge on any atom is 0.337 e. The number of hydrogen-bond acceptors (Lipinski definition) is 5. The molecule has 5 rings (SSSR count). The number of benzene rings is 2. The number of halogens is 1. The van der Waals surface area contributed by atoms with Crippen molar-refractivity contribution in [2.24, 2.45) is 16.9 Å². The highest BCUT2D eigenvalue weighted by Crippen LogP contribution is 2.45. The molecule has 3 aliphatic rings. The van der Waals surface area contributed by atoms with E-state index >= 15 is 0 Å². The summed E-state index contributed by atoms with van der Waals surface area (Å²) in [4.78, 5) is 12.0. The number of carbonyl (C=O) groups is 1. The van der Waals surface area contributed by atoms with Gasteiger partial charge in [-0.15, -0.1) is 0 Å². The van der Waals surface area contributed by atoms with Crippen LogP contribution in [0.4, 0.5) is 5.69 Å². The lowest BCUT2D eigenvalue weighted by Gasteiger charge is -2.34. The Hall–Kier alpha value is -2.84. The van der Waals surface area contributed by atoms with Crippen LogP contribution in [0.3, 0.4) is 0 Å². The molecule has 0 saturated heterocycles. The van der Waals surface area contributed by atoms with E-state index in [1.165, 1.54) is 32.8 Å². The zero-order chi connectivity index (χ0) is 21.5. The van der Waals surface area contributed by atoms with Crippen molar-refractivity contribution in [1.82, 2.24) is 0 Å². The first-order valence-electron chi connectivity index (χ1n) is 10.9. The van der Waals surface area contributed by atoms with Crippen LogP contribution in [0.15, 0.2) is 41.5 Å². The highest BCUT2D eigenvalue weighted by atomic mass is 35.5. The molecule has 1 saturated carbocycles. The molecule has 2 atom stereocenters. The SMILES string of the molecule is COC(=O)c1ccc2c(c1)CC[C@H]1C2=NN(c2ccc(C#N)c(Cl)c2)[C@H]1C1CCCC1. The average molecular weight is 434 g/mol. The summed E-state index contributed by atoms with van der Waals surface area (Å²) in [5.74, 6) is 0.640. The second-order valence-electron chi connectivity index (χ2n) is 8.65. The van der Waals surface area contributed by atoms with Gasteiger partial charge in [-0.2, -0.15) is 10.4 Å². The van der Waals surface area contributed by atoms with Crippen molar-refractivity contribution in [3.8, 4) is 6.07 Å². The fourth-order valence-corrected chi connectivity index (χ4v) is 5.77. The van der Waals surface area contributed by atoms with Gasteiger partial charge in [0, 0.05) is 11.5 Å². The fourth-order valence-electron chi connectivity index (χ4n) is 5.55. The van der Waals surface area contributed by atoms with Crippen molar-refractivity contribution in [3.05, 3.63) is 63.7 Å². The molecule has 0 unspecified atom stereocenters. The number of nitriles is 1. The molecule has 2 aromatic rings. The van der Waals surface area contributed by atoms with Crippen LogP contribution in [0.5, 0.6) is 0 Å². The molecule has 0 amide bonds. The highest BCUT2D eigenvalue weighted by Gasteiger charge is 2.45. The lowest BCUT2D eigenvalue weighted by molar-refractivity contribution is 0.0600. The number of rotatable bonds is 3. The van der Waals surface area contributed by atoms with E-state index in [1.54, 1.807) is 6.07 Å². The summed E-state index contributed by atoms with van der Waals surface area (Å²) >= 11 is 6.37. The van der Waals surface area contributed by atoms with Gasteiger partial charge in [0.15, 0.2) is 0 Å². The summed E-state index contributed by atoms with van der Waals surface area (Å²) in [6.45, 7) is 0. The normalized spacial score (nSPS) is 22.5. The first-order chi connectivity index (χ1) is 15.1. The van der Waals surface area contributed by atoms with Crippen LogP contribution in [0.25, 0.3) is 0 Å². The second-order valence-corrected chi connectivity index (χ2v) is 9.06. The maximum atomic E-state index is 12.0. The molecule has 0 aromatic heterocycles. The summed E-state index contributed by atoms with van der Waals surface area (Å²) in [5, 5.41) is 17.0. The number of esters is 1. The van der Waals surface area contributed by atoms with Crippen LogP contribution in [0.2, 0.25) is 5.02 Å². The van der Waals surface area contributed by atoms with Gasteiger partial charge in [0.1, 0.15) is 6.07 Å². The van der Waals surface area contributed by atoms with Crippen molar-refractivity contribution in [3.63, 3.8) is 0 Å². The third-order valence-corrected chi connectivity index (χ3v) is 7.32. The van der Waals surface area contributed by atoms with E-state index in [2.05, 4.69) is 11.1 Å². The van der Waals surface area contributed by atoms with Gasteiger partial charge in [-0.3, -0.25) is 5.01 Å². The number of hydrogen-bond donors (Lipinski definition) is 0. The van der Waals surface area contributed by atoms with Gasteiger partial charge in [0.2, 0.25) is 0 Å². The summed E-state index contributed by atoms with van der Waals surface area (Å²) in [5.41, 5.74) is 5.40. The third-order valence-electron chi connectivity index (χ3n) is 7.01. The Kier molecular flexibility index (Phi) is 5.19. The van der Waals surface area contributed by atoms with Gasteiger partial charge in [0.05, 0.1) is 40.7 Å². The minimum Gasteiger partial charge on any atom is -0.465 e. The number of hydrazone groups is 1. The Morgan fingerprint density at radius 2 is 2.00 bits per heavy atom. The molecule has 158 valence electrons. The molecular weight excluding hydrogens is 410 g/mol. The maximum absolute atomic E-state index is 12.0. The number of carbonyl (C=O) groups excluding carboxylic acids is 1. The van der Waals surface area contributed by atoms with Crippen LogP contribution in [0, 0.1) is 23.2 Å². The third kappa shape index (κ3) is 3.40. The van der Waals surface area contributed by atoms with Crippen molar-refractivity contribution in [2.75, 3.05) is 12.1 Å². The summed E-state index contributed by atoms with van der Waals surface area (Å²) < 4.78 is 4.89. The molecule has 1 heterocycles. The molecule has 0 N–H and O–H groups in total. The van der Waals surface area contributed by atoms with E-state index in [-0.39, 0.29) is 5.97 Å². The van der Waals surface area contributed by atoms with Gasteiger partial charge >= 0.3 is 5.97 Å². The minimum atomic E-state index is -0.309. The molecule has 1 fully saturated rings. The molecule has 0 bridgehead atoms. The number of methoxy groups -OCH3 is 1. The molecule has 1 aliphatic heterocycles. The van der Waals surface area contributed by atoms with E-state index in [0.717, 1.165) is 35.4 Å². The molecular formula is C25H24ClN3O2. The predicted octanol–water partition coefficient (Wildman–Crippen LogP) is 5.34. The van der Waals surface area contributed by atoms with Crippen LogP contribution < -0.4 is 5.01 Å². The average Bonchev–Trinajstić information content (AvgIpc) is 3.45.